The van der Waals surface area contributed by atoms with Gasteiger partial charge in [-0.2, -0.15) is 0 Å². The van der Waals surface area contributed by atoms with Gasteiger partial charge < -0.3 is 0 Å². The van der Waals surface area contributed by atoms with Gasteiger partial charge in [0.05, 0.1) is 0 Å². The van der Waals surface area contributed by atoms with Gasteiger partial charge in [-0.25, -0.2) is 0 Å². The lowest BCUT2D eigenvalue weighted by atomic mass is 9.92. The van der Waals surface area contributed by atoms with Gasteiger partial charge in [0.15, 0.2) is 0 Å². The van der Waals surface area contributed by atoms with Crippen LogP contribution < -0.4 is 9.75 Å². The molecule has 0 unspecified atom stereocenters. The van der Waals surface area contributed by atoms with Crippen LogP contribution in [-0.4, -0.2) is 0 Å². The average molecular weight is 226 g/mol. The lowest BCUT2D eigenvalue weighted by molar-refractivity contribution is 0.671. The minimum atomic E-state index is 0.144. The third kappa shape index (κ3) is 1.52. The Balaban J connectivity index is 2.52. The number of benzene rings is 1. The van der Waals surface area contributed by atoms with E-state index in [2.05, 4.69) is 62.4 Å². The predicted octanol–water partition coefficient (Wildman–Crippen LogP) is 3.06. The molecule has 2 aromatic rings. The number of rotatable bonds is 0. The first-order chi connectivity index (χ1) is 7.66. The number of hydrogen-bond donors (Lipinski definition) is 0. The molecular formula is C15H14S. The molecule has 0 saturated heterocycles. The molecule has 0 saturated carbocycles. The second kappa shape index (κ2) is 3.33. The quantitative estimate of drug-likeness (QED) is 0.647. The molecule has 0 amide bonds. The van der Waals surface area contributed by atoms with Crippen LogP contribution in [0.5, 0.6) is 0 Å². The summed E-state index contributed by atoms with van der Waals surface area (Å²) in [5.74, 6) is 0. The Morgan fingerprint density at radius 2 is 1.94 bits per heavy atom. The summed E-state index contributed by atoms with van der Waals surface area (Å²) in [6.07, 6.45) is 9.04. The Labute approximate surface area is 99.2 Å². The molecule has 0 spiro atoms. The van der Waals surface area contributed by atoms with Gasteiger partial charge in [0, 0.05) is 20.0 Å². The highest BCUT2D eigenvalue weighted by molar-refractivity contribution is 7.17. The number of allylic oxidation sites excluding steroid dienone is 2. The Hall–Kier alpha value is -1.34. The number of fused-ring (bicyclic) bond motifs is 3. The maximum absolute atomic E-state index is 2.38. The molecule has 0 fully saturated rings. The fraction of sp³-hybridized carbons (Fsp3) is 0.200. The summed E-state index contributed by atoms with van der Waals surface area (Å²) in [5, 5.41) is 2.78. The zero-order valence-corrected chi connectivity index (χ0v) is 10.3. The largest absolute Gasteiger partial charge is 0.135 e. The van der Waals surface area contributed by atoms with Crippen LogP contribution in [0.15, 0.2) is 36.4 Å². The first kappa shape index (κ1) is 9.86. The molecule has 1 aromatic carbocycles. The first-order valence-corrected chi connectivity index (χ1v) is 6.37. The van der Waals surface area contributed by atoms with Crippen LogP contribution in [-0.2, 0) is 0 Å². The second-order valence-corrected chi connectivity index (χ2v) is 5.95. The lowest BCUT2D eigenvalue weighted by Crippen LogP contribution is -2.20. The SMILES string of the molecule is CC1(C)C=CC=c2sc3ccccc3c2=C1. The number of hydrogen-bond acceptors (Lipinski definition) is 1. The molecule has 1 aliphatic carbocycles. The third-order valence-electron chi connectivity index (χ3n) is 2.95. The summed E-state index contributed by atoms with van der Waals surface area (Å²) in [6.45, 7) is 4.50. The molecule has 1 heteroatoms. The summed E-state index contributed by atoms with van der Waals surface area (Å²) in [4.78, 5) is 0. The van der Waals surface area contributed by atoms with Gasteiger partial charge in [-0.05, 0) is 17.4 Å². The van der Waals surface area contributed by atoms with E-state index in [-0.39, 0.29) is 5.41 Å². The van der Waals surface area contributed by atoms with Crippen LogP contribution in [0.2, 0.25) is 0 Å². The van der Waals surface area contributed by atoms with Crippen LogP contribution in [0.25, 0.3) is 22.2 Å². The molecule has 0 radical (unpaired) electrons. The van der Waals surface area contributed by atoms with E-state index in [0.29, 0.717) is 0 Å². The second-order valence-electron chi connectivity index (χ2n) is 4.87. The fourth-order valence-electron chi connectivity index (χ4n) is 2.16. The van der Waals surface area contributed by atoms with Crippen LogP contribution in [0.3, 0.4) is 0 Å². The Bertz CT molecular complexity index is 684. The van der Waals surface area contributed by atoms with Crippen molar-refractivity contribution in [3.63, 3.8) is 0 Å². The van der Waals surface area contributed by atoms with Crippen LogP contribution >= 0.6 is 11.3 Å². The van der Waals surface area contributed by atoms with E-state index in [0.717, 1.165) is 0 Å². The maximum Gasteiger partial charge on any atom is 0.0355 e. The minimum absolute atomic E-state index is 0.144. The molecule has 16 heavy (non-hydrogen) atoms. The predicted molar refractivity (Wildman–Crippen MR) is 72.9 cm³/mol. The van der Waals surface area contributed by atoms with E-state index < -0.39 is 0 Å². The summed E-state index contributed by atoms with van der Waals surface area (Å²) in [5.41, 5.74) is 0.144. The molecule has 0 bridgehead atoms. The highest BCUT2D eigenvalue weighted by atomic mass is 32.1. The topological polar surface area (TPSA) is 0 Å². The Morgan fingerprint density at radius 3 is 2.81 bits per heavy atom. The standard InChI is InChI=1S/C15H14S/c1-15(2)9-5-8-14-12(10-15)11-6-3-4-7-13(11)16-14/h3-10H,1-2H3. The monoisotopic (exact) mass is 226 g/mol. The van der Waals surface area contributed by atoms with Gasteiger partial charge in [-0.15, -0.1) is 11.3 Å². The molecule has 0 atom stereocenters. The van der Waals surface area contributed by atoms with Gasteiger partial charge in [0.1, 0.15) is 0 Å². The molecule has 80 valence electrons. The smallest absolute Gasteiger partial charge is 0.0355 e. The average Bonchev–Trinajstić information content (AvgIpc) is 2.48. The van der Waals surface area contributed by atoms with Crippen molar-refractivity contribution < 1.29 is 0 Å². The van der Waals surface area contributed by atoms with Crippen molar-refractivity contribution in [3.05, 3.63) is 46.2 Å². The van der Waals surface area contributed by atoms with E-state index >= 15 is 0 Å². The van der Waals surface area contributed by atoms with Crippen molar-refractivity contribution >= 4 is 33.6 Å². The van der Waals surface area contributed by atoms with Crippen molar-refractivity contribution in [2.45, 2.75) is 13.8 Å². The Kier molecular flexibility index (Phi) is 2.05. The molecule has 1 aliphatic rings. The molecular weight excluding hydrogens is 212 g/mol. The van der Waals surface area contributed by atoms with Crippen LogP contribution in [0.1, 0.15) is 13.8 Å². The summed E-state index contributed by atoms with van der Waals surface area (Å²) < 4.78 is 2.76. The normalized spacial score (nSPS) is 17.4. The van der Waals surface area contributed by atoms with E-state index in [4.69, 9.17) is 0 Å². The van der Waals surface area contributed by atoms with Crippen molar-refractivity contribution in [1.29, 1.82) is 0 Å². The van der Waals surface area contributed by atoms with E-state index in [1.165, 1.54) is 19.8 Å². The van der Waals surface area contributed by atoms with E-state index in [1.807, 2.05) is 11.3 Å². The molecule has 0 N–H and O–H groups in total. The van der Waals surface area contributed by atoms with Crippen molar-refractivity contribution in [1.82, 2.24) is 0 Å². The summed E-state index contributed by atoms with van der Waals surface area (Å²) >= 11 is 1.88. The molecule has 3 rings (SSSR count). The van der Waals surface area contributed by atoms with Crippen molar-refractivity contribution in [3.8, 4) is 0 Å². The zero-order chi connectivity index (χ0) is 11.2. The van der Waals surface area contributed by atoms with E-state index in [1.54, 1.807) is 0 Å². The van der Waals surface area contributed by atoms with Gasteiger partial charge in [-0.1, -0.05) is 50.3 Å². The third-order valence-corrected chi connectivity index (χ3v) is 4.10. The molecule has 0 nitrogen and oxygen atoms in total. The minimum Gasteiger partial charge on any atom is -0.135 e. The van der Waals surface area contributed by atoms with Gasteiger partial charge >= 0.3 is 0 Å². The van der Waals surface area contributed by atoms with Crippen LogP contribution in [0, 0.1) is 5.41 Å². The fourth-order valence-corrected chi connectivity index (χ4v) is 3.26. The van der Waals surface area contributed by atoms with Crippen LogP contribution in [0.4, 0.5) is 0 Å². The Morgan fingerprint density at radius 1 is 1.12 bits per heavy atom. The van der Waals surface area contributed by atoms with Crippen molar-refractivity contribution in [2.75, 3.05) is 0 Å². The van der Waals surface area contributed by atoms with Crippen molar-refractivity contribution in [2.24, 2.45) is 5.41 Å². The first-order valence-electron chi connectivity index (χ1n) is 5.56. The number of thiophene rings is 1. The maximum atomic E-state index is 2.38. The molecule has 1 heterocycles. The zero-order valence-electron chi connectivity index (χ0n) is 9.53. The van der Waals surface area contributed by atoms with E-state index in [9.17, 15) is 0 Å². The van der Waals surface area contributed by atoms with Gasteiger partial charge in [0.25, 0.3) is 0 Å². The van der Waals surface area contributed by atoms with Gasteiger partial charge in [-0.3, -0.25) is 0 Å². The lowest BCUT2D eigenvalue weighted by Gasteiger charge is -2.12. The highest BCUT2D eigenvalue weighted by Crippen LogP contribution is 2.22. The molecule has 0 aliphatic heterocycles. The summed E-state index contributed by atoms with van der Waals surface area (Å²) in [6, 6.07) is 8.65. The van der Waals surface area contributed by atoms with Gasteiger partial charge in [0.2, 0.25) is 0 Å². The summed E-state index contributed by atoms with van der Waals surface area (Å²) in [7, 11) is 0. The highest BCUT2D eigenvalue weighted by Gasteiger charge is 2.12. The molecule has 1 aromatic heterocycles.